The second-order valence-electron chi connectivity index (χ2n) is 8.16. The van der Waals surface area contributed by atoms with E-state index in [0.29, 0.717) is 38.6 Å². The van der Waals surface area contributed by atoms with Crippen LogP contribution in [0.3, 0.4) is 0 Å². The van der Waals surface area contributed by atoms with Crippen LogP contribution in [0.1, 0.15) is 35.6 Å². The Bertz CT molecular complexity index is 1400. The fourth-order valence-electron chi connectivity index (χ4n) is 3.62. The molecule has 0 atom stereocenters. The highest BCUT2D eigenvalue weighted by Crippen LogP contribution is 2.37. The summed E-state index contributed by atoms with van der Waals surface area (Å²) >= 11 is 10.3. The van der Waals surface area contributed by atoms with Crippen molar-refractivity contribution in [1.29, 1.82) is 0 Å². The summed E-state index contributed by atoms with van der Waals surface area (Å²) in [4.78, 5) is 26.9. The molecule has 1 amide bonds. The molecule has 4 aromatic rings. The topological polar surface area (TPSA) is 86.1 Å². The van der Waals surface area contributed by atoms with Crippen molar-refractivity contribution >= 4 is 63.3 Å². The Kier molecular flexibility index (Phi) is 9.90. The zero-order valence-electron chi connectivity index (χ0n) is 21.2. The lowest BCUT2D eigenvalue weighted by Crippen LogP contribution is -2.17. The Morgan fingerprint density at radius 1 is 1.05 bits per heavy atom. The normalized spacial score (nSPS) is 10.9. The van der Waals surface area contributed by atoms with Gasteiger partial charge in [-0.3, -0.25) is 4.79 Å². The Labute approximate surface area is 239 Å². The summed E-state index contributed by atoms with van der Waals surface area (Å²) in [7, 11) is 0. The van der Waals surface area contributed by atoms with Crippen LogP contribution in [0.4, 0.5) is 5.00 Å². The first kappa shape index (κ1) is 28.2. The van der Waals surface area contributed by atoms with Crippen molar-refractivity contribution in [3.8, 4) is 11.1 Å². The molecule has 0 radical (unpaired) electrons. The number of nitrogens with one attached hydrogen (secondary N) is 1. The first-order valence-electron chi connectivity index (χ1n) is 12.0. The molecule has 4 rings (SSSR count). The van der Waals surface area contributed by atoms with Gasteiger partial charge >= 0.3 is 5.97 Å². The molecule has 11 heteroatoms. The van der Waals surface area contributed by atoms with Crippen molar-refractivity contribution in [2.24, 2.45) is 0 Å². The number of hydrogen-bond donors (Lipinski definition) is 1. The molecule has 0 fully saturated rings. The van der Waals surface area contributed by atoms with Gasteiger partial charge in [-0.25, -0.2) is 4.79 Å². The molecule has 0 aliphatic rings. The molecular weight excluding hydrogens is 560 g/mol. The van der Waals surface area contributed by atoms with Gasteiger partial charge in [-0.2, -0.15) is 0 Å². The number of ether oxygens (including phenoxy) is 1. The van der Waals surface area contributed by atoms with Gasteiger partial charge in [-0.15, -0.1) is 33.3 Å². The molecule has 0 saturated carbocycles. The molecule has 38 heavy (non-hydrogen) atoms. The minimum atomic E-state index is -0.483. The van der Waals surface area contributed by atoms with E-state index in [1.54, 1.807) is 30.8 Å². The molecule has 2 aromatic heterocycles. The number of aryl methyl sites for hydroxylation is 1. The Morgan fingerprint density at radius 3 is 2.47 bits per heavy atom. The van der Waals surface area contributed by atoms with Crippen molar-refractivity contribution in [3.05, 3.63) is 75.9 Å². The minimum absolute atomic E-state index is 0.125. The molecule has 0 unspecified atom stereocenters. The van der Waals surface area contributed by atoms with E-state index < -0.39 is 5.97 Å². The number of thiophene rings is 1. The molecule has 198 valence electrons. The van der Waals surface area contributed by atoms with Gasteiger partial charge in [-0.05, 0) is 50.6 Å². The fourth-order valence-corrected chi connectivity index (χ4v) is 6.38. The highest BCUT2D eigenvalue weighted by atomic mass is 35.5. The number of amides is 1. The van der Waals surface area contributed by atoms with Crippen LogP contribution in [0.2, 0.25) is 5.02 Å². The summed E-state index contributed by atoms with van der Waals surface area (Å²) in [5.74, 6) is 0.938. The van der Waals surface area contributed by atoms with Crippen LogP contribution in [-0.4, -0.2) is 39.0 Å². The van der Waals surface area contributed by atoms with Crippen molar-refractivity contribution in [2.45, 2.75) is 43.1 Å². The van der Waals surface area contributed by atoms with E-state index in [4.69, 9.17) is 16.3 Å². The molecule has 0 spiro atoms. The quantitative estimate of drug-likeness (QED) is 0.147. The number of anilines is 1. The number of carbonyl (C=O) groups is 2. The maximum atomic E-state index is 12.9. The number of carbonyl (C=O) groups excluding carboxylic acids is 2. The number of esters is 1. The molecular formula is C27H27ClN4O3S3. The first-order chi connectivity index (χ1) is 18.4. The largest absolute Gasteiger partial charge is 0.462 e. The number of benzene rings is 2. The molecule has 1 N–H and O–H groups in total. The number of thioether (sulfide) groups is 2. The van der Waals surface area contributed by atoms with Gasteiger partial charge in [-0.1, -0.05) is 53.2 Å². The molecule has 7 nitrogen and oxygen atoms in total. The molecule has 0 saturated heterocycles. The zero-order valence-corrected chi connectivity index (χ0v) is 24.4. The Morgan fingerprint density at radius 2 is 1.79 bits per heavy atom. The van der Waals surface area contributed by atoms with Gasteiger partial charge in [0.05, 0.1) is 18.1 Å². The second kappa shape index (κ2) is 13.3. The lowest BCUT2D eigenvalue weighted by molar-refractivity contribution is -0.113. The summed E-state index contributed by atoms with van der Waals surface area (Å²) in [6.45, 7) is 6.77. The van der Waals surface area contributed by atoms with E-state index in [2.05, 4.69) is 46.7 Å². The maximum Gasteiger partial charge on any atom is 0.341 e. The molecule has 2 heterocycles. The van der Waals surface area contributed by atoms with E-state index in [1.807, 2.05) is 29.0 Å². The number of rotatable bonds is 11. The van der Waals surface area contributed by atoms with Crippen LogP contribution in [0.5, 0.6) is 0 Å². The predicted octanol–water partition coefficient (Wildman–Crippen LogP) is 7.19. The van der Waals surface area contributed by atoms with Crippen LogP contribution in [0.15, 0.2) is 64.0 Å². The summed E-state index contributed by atoms with van der Waals surface area (Å²) in [6, 6.07) is 15.6. The Balaban J connectivity index is 1.43. The highest BCUT2D eigenvalue weighted by Gasteiger charge is 2.23. The smallest absolute Gasteiger partial charge is 0.341 e. The first-order valence-corrected chi connectivity index (χ1v) is 15.2. The number of aromatic nitrogens is 3. The van der Waals surface area contributed by atoms with Crippen LogP contribution in [0, 0.1) is 6.92 Å². The van der Waals surface area contributed by atoms with Crippen LogP contribution >= 0.6 is 46.5 Å². The van der Waals surface area contributed by atoms with Crippen molar-refractivity contribution < 1.29 is 14.3 Å². The SMILES string of the molecule is CCOC(=O)c1c(-c2ccc(Cl)cc2)csc1NC(=O)CSc1nnc(CSc2ccc(C)cc2)n1CC. The summed E-state index contributed by atoms with van der Waals surface area (Å²) in [5.41, 5.74) is 3.07. The Hall–Kier alpha value is -2.79. The number of nitrogens with zero attached hydrogens (tertiary/aromatic N) is 3. The van der Waals surface area contributed by atoms with Crippen molar-refractivity contribution in [1.82, 2.24) is 14.8 Å². The van der Waals surface area contributed by atoms with Gasteiger partial charge in [0.1, 0.15) is 16.4 Å². The third-order valence-electron chi connectivity index (χ3n) is 5.51. The van der Waals surface area contributed by atoms with E-state index in [9.17, 15) is 9.59 Å². The summed E-state index contributed by atoms with van der Waals surface area (Å²) in [5, 5.41) is 15.1. The highest BCUT2D eigenvalue weighted by molar-refractivity contribution is 7.99. The standard InChI is InChI=1S/C27H27ClN4O3S3/c1-4-32-22(15-36-20-12-6-17(3)7-13-20)30-31-27(32)38-16-23(33)29-25-24(26(34)35-5-2)21(14-37-25)18-8-10-19(28)11-9-18/h6-14H,4-5,15-16H2,1-3H3,(H,29,33). The third kappa shape index (κ3) is 6.99. The van der Waals surface area contributed by atoms with E-state index in [1.165, 1.54) is 33.6 Å². The average Bonchev–Trinajstić information content (AvgIpc) is 3.51. The fraction of sp³-hybridized carbons (Fsp3) is 0.259. The van der Waals surface area contributed by atoms with Gasteiger partial charge in [0.15, 0.2) is 5.16 Å². The van der Waals surface area contributed by atoms with E-state index in [-0.39, 0.29) is 18.3 Å². The van der Waals surface area contributed by atoms with Crippen molar-refractivity contribution in [3.63, 3.8) is 0 Å². The van der Waals surface area contributed by atoms with Gasteiger partial charge < -0.3 is 14.6 Å². The lowest BCUT2D eigenvalue weighted by Gasteiger charge is -2.09. The van der Waals surface area contributed by atoms with Crippen LogP contribution in [0.25, 0.3) is 11.1 Å². The van der Waals surface area contributed by atoms with Crippen LogP contribution < -0.4 is 5.32 Å². The molecule has 0 aliphatic carbocycles. The molecule has 0 aliphatic heterocycles. The summed E-state index contributed by atoms with van der Waals surface area (Å²) < 4.78 is 7.30. The minimum Gasteiger partial charge on any atom is -0.462 e. The third-order valence-corrected chi connectivity index (χ3v) is 8.63. The van der Waals surface area contributed by atoms with Crippen LogP contribution in [-0.2, 0) is 21.8 Å². The zero-order chi connectivity index (χ0) is 27.1. The summed E-state index contributed by atoms with van der Waals surface area (Å²) in [6.07, 6.45) is 0. The lowest BCUT2D eigenvalue weighted by atomic mass is 10.0. The van der Waals surface area contributed by atoms with Crippen molar-refractivity contribution in [2.75, 3.05) is 17.7 Å². The van der Waals surface area contributed by atoms with Gasteiger partial charge in [0.25, 0.3) is 0 Å². The van der Waals surface area contributed by atoms with Gasteiger partial charge in [0.2, 0.25) is 5.91 Å². The van der Waals surface area contributed by atoms with Gasteiger partial charge in [0, 0.05) is 27.4 Å². The molecule has 0 bridgehead atoms. The molecule has 2 aromatic carbocycles. The monoisotopic (exact) mass is 586 g/mol. The second-order valence-corrected chi connectivity index (χ2v) is 11.5. The predicted molar refractivity (Wildman–Crippen MR) is 157 cm³/mol. The number of halogens is 1. The van der Waals surface area contributed by atoms with E-state index in [0.717, 1.165) is 11.4 Å². The van der Waals surface area contributed by atoms with E-state index >= 15 is 0 Å². The maximum absolute atomic E-state index is 12.9. The number of hydrogen-bond acceptors (Lipinski definition) is 8. The average molecular weight is 587 g/mol.